The van der Waals surface area contributed by atoms with Crippen LogP contribution in [0.3, 0.4) is 0 Å². The number of carbonyl (C=O) groups is 2. The van der Waals surface area contributed by atoms with Crippen molar-refractivity contribution in [3.63, 3.8) is 0 Å². The number of carbonyl (C=O) groups excluding carboxylic acids is 2. The van der Waals surface area contributed by atoms with E-state index in [1.165, 1.54) is 20.1 Å². The number of hydrogen-bond donors (Lipinski definition) is 3. The molecule has 1 aromatic carbocycles. The average molecular weight is 300 g/mol. The molecule has 1 amide bonds. The number of ether oxygens (including phenoxy) is 1. The Balaban J connectivity index is 2.39. The van der Waals surface area contributed by atoms with Crippen molar-refractivity contribution in [1.82, 2.24) is 4.98 Å². The zero-order chi connectivity index (χ0) is 16.1. The molecule has 114 valence electrons. The second kappa shape index (κ2) is 6.57. The number of hydrogen-bond acceptors (Lipinski definition) is 6. The summed E-state index contributed by atoms with van der Waals surface area (Å²) in [5.41, 5.74) is 7.60. The highest BCUT2D eigenvalue weighted by molar-refractivity contribution is 5.95. The molecule has 0 bridgehead atoms. The summed E-state index contributed by atoms with van der Waals surface area (Å²) in [7, 11) is 1.29. The van der Waals surface area contributed by atoms with Crippen LogP contribution in [-0.4, -0.2) is 24.0 Å². The second-order valence-corrected chi connectivity index (χ2v) is 4.54. The molecule has 0 fully saturated rings. The van der Waals surface area contributed by atoms with Gasteiger partial charge in [-0.05, 0) is 30.3 Å². The molecule has 0 aliphatic carbocycles. The summed E-state index contributed by atoms with van der Waals surface area (Å²) in [6.45, 7) is 1.38. The fraction of sp³-hybridized carbons (Fsp3) is 0.133. The number of aromatic nitrogens is 1. The van der Waals surface area contributed by atoms with Crippen molar-refractivity contribution in [2.45, 2.75) is 6.92 Å². The first-order chi connectivity index (χ1) is 10.5. The molecule has 22 heavy (non-hydrogen) atoms. The minimum Gasteiger partial charge on any atom is -0.465 e. The third-order valence-corrected chi connectivity index (χ3v) is 2.78. The van der Waals surface area contributed by atoms with Gasteiger partial charge in [-0.25, -0.2) is 9.78 Å². The molecule has 0 atom stereocenters. The van der Waals surface area contributed by atoms with Crippen LogP contribution in [0.25, 0.3) is 0 Å². The normalized spacial score (nSPS) is 9.91. The molecule has 0 radical (unpaired) electrons. The zero-order valence-electron chi connectivity index (χ0n) is 12.2. The summed E-state index contributed by atoms with van der Waals surface area (Å²) < 4.78 is 4.71. The molecule has 1 heterocycles. The number of nitrogens with zero attached hydrogens (tertiary/aromatic N) is 1. The van der Waals surface area contributed by atoms with E-state index in [1.807, 2.05) is 0 Å². The van der Waals surface area contributed by atoms with Crippen molar-refractivity contribution >= 4 is 34.8 Å². The fourth-order valence-electron chi connectivity index (χ4n) is 1.87. The number of nitrogens with one attached hydrogen (secondary N) is 2. The fourth-order valence-corrected chi connectivity index (χ4v) is 1.87. The van der Waals surface area contributed by atoms with E-state index >= 15 is 0 Å². The maximum absolute atomic E-state index is 11.7. The van der Waals surface area contributed by atoms with Crippen molar-refractivity contribution in [1.29, 1.82) is 0 Å². The van der Waals surface area contributed by atoms with E-state index in [0.29, 0.717) is 28.4 Å². The molecule has 0 aliphatic rings. The molecule has 4 N–H and O–H groups in total. The second-order valence-electron chi connectivity index (χ2n) is 4.54. The minimum absolute atomic E-state index is 0.245. The van der Waals surface area contributed by atoms with Crippen LogP contribution in [0.15, 0.2) is 36.5 Å². The van der Waals surface area contributed by atoms with Crippen LogP contribution in [0.4, 0.5) is 22.9 Å². The molecule has 2 aromatic rings. The van der Waals surface area contributed by atoms with E-state index in [9.17, 15) is 9.59 Å². The molecule has 0 aliphatic heterocycles. The van der Waals surface area contributed by atoms with E-state index in [0.717, 1.165) is 0 Å². The van der Waals surface area contributed by atoms with Crippen LogP contribution in [0, 0.1) is 0 Å². The standard InChI is InChI=1S/C15H16N4O3/c1-9(20)18-11-6-10(15(21)22-2)7-12(8-11)19-14-13(16)4-3-5-17-14/h3-8H,16H2,1-2H3,(H,17,19)(H,18,20). The predicted octanol–water partition coefficient (Wildman–Crippen LogP) is 2.15. The quantitative estimate of drug-likeness (QED) is 0.747. The predicted molar refractivity (Wildman–Crippen MR) is 84.0 cm³/mol. The van der Waals surface area contributed by atoms with Crippen LogP contribution >= 0.6 is 0 Å². The van der Waals surface area contributed by atoms with Gasteiger partial charge in [0.25, 0.3) is 0 Å². The number of anilines is 4. The largest absolute Gasteiger partial charge is 0.465 e. The van der Waals surface area contributed by atoms with Gasteiger partial charge in [-0.1, -0.05) is 0 Å². The van der Waals surface area contributed by atoms with Crippen LogP contribution in [0.5, 0.6) is 0 Å². The van der Waals surface area contributed by atoms with Crippen molar-refractivity contribution in [3.05, 3.63) is 42.1 Å². The summed E-state index contributed by atoms with van der Waals surface area (Å²) >= 11 is 0. The molecule has 0 unspecified atom stereocenters. The molecular weight excluding hydrogens is 284 g/mol. The van der Waals surface area contributed by atoms with E-state index in [4.69, 9.17) is 10.5 Å². The zero-order valence-corrected chi connectivity index (χ0v) is 12.2. The molecule has 0 saturated heterocycles. The molecule has 7 heteroatoms. The Morgan fingerprint density at radius 3 is 2.59 bits per heavy atom. The van der Waals surface area contributed by atoms with Crippen LogP contribution < -0.4 is 16.4 Å². The molecular formula is C15H16N4O3. The van der Waals surface area contributed by atoms with Crippen molar-refractivity contribution in [3.8, 4) is 0 Å². The monoisotopic (exact) mass is 300 g/mol. The first-order valence-corrected chi connectivity index (χ1v) is 6.48. The van der Waals surface area contributed by atoms with Gasteiger partial charge in [-0.15, -0.1) is 0 Å². The minimum atomic E-state index is -0.510. The Kier molecular flexibility index (Phi) is 4.57. The van der Waals surface area contributed by atoms with Crippen LogP contribution in [0.2, 0.25) is 0 Å². The van der Waals surface area contributed by atoms with Gasteiger partial charge in [0.1, 0.15) is 0 Å². The Labute approximate surface area is 127 Å². The third-order valence-electron chi connectivity index (χ3n) is 2.78. The Morgan fingerprint density at radius 2 is 1.95 bits per heavy atom. The SMILES string of the molecule is COC(=O)c1cc(NC(C)=O)cc(Nc2ncccc2N)c1. The Morgan fingerprint density at radius 1 is 1.23 bits per heavy atom. The summed E-state index contributed by atoms with van der Waals surface area (Å²) in [6, 6.07) is 8.20. The van der Waals surface area contributed by atoms with Crippen molar-refractivity contribution < 1.29 is 14.3 Å². The topological polar surface area (TPSA) is 106 Å². The van der Waals surface area contributed by atoms with Gasteiger partial charge in [0.15, 0.2) is 5.82 Å². The number of benzene rings is 1. The van der Waals surface area contributed by atoms with Gasteiger partial charge in [0, 0.05) is 24.5 Å². The van der Waals surface area contributed by atoms with E-state index in [2.05, 4.69) is 15.6 Å². The molecule has 2 rings (SSSR count). The first kappa shape index (κ1) is 15.3. The first-order valence-electron chi connectivity index (χ1n) is 6.48. The van der Waals surface area contributed by atoms with Gasteiger partial charge in [-0.3, -0.25) is 4.79 Å². The van der Waals surface area contributed by atoms with Crippen molar-refractivity contribution in [2.75, 3.05) is 23.5 Å². The van der Waals surface area contributed by atoms with E-state index in [-0.39, 0.29) is 5.91 Å². The van der Waals surface area contributed by atoms with Crippen LogP contribution in [-0.2, 0) is 9.53 Å². The van der Waals surface area contributed by atoms with Gasteiger partial charge in [0.2, 0.25) is 5.91 Å². The highest BCUT2D eigenvalue weighted by atomic mass is 16.5. The maximum Gasteiger partial charge on any atom is 0.337 e. The lowest BCUT2D eigenvalue weighted by molar-refractivity contribution is -0.114. The van der Waals surface area contributed by atoms with E-state index < -0.39 is 5.97 Å². The maximum atomic E-state index is 11.7. The molecule has 1 aromatic heterocycles. The Bertz CT molecular complexity index is 716. The molecule has 0 saturated carbocycles. The summed E-state index contributed by atoms with van der Waals surface area (Å²) in [5.74, 6) is -0.298. The van der Waals surface area contributed by atoms with Gasteiger partial charge < -0.3 is 21.1 Å². The van der Waals surface area contributed by atoms with Gasteiger partial charge in [0.05, 0.1) is 18.4 Å². The smallest absolute Gasteiger partial charge is 0.337 e. The lowest BCUT2D eigenvalue weighted by Gasteiger charge is -2.12. The lowest BCUT2D eigenvalue weighted by Crippen LogP contribution is -2.09. The van der Waals surface area contributed by atoms with Crippen LogP contribution in [0.1, 0.15) is 17.3 Å². The number of pyridine rings is 1. The molecule has 7 nitrogen and oxygen atoms in total. The summed E-state index contributed by atoms with van der Waals surface area (Å²) in [5, 5.41) is 5.64. The number of esters is 1. The average Bonchev–Trinajstić information content (AvgIpc) is 2.48. The van der Waals surface area contributed by atoms with Gasteiger partial charge >= 0.3 is 5.97 Å². The van der Waals surface area contributed by atoms with Crippen molar-refractivity contribution in [2.24, 2.45) is 0 Å². The van der Waals surface area contributed by atoms with E-state index in [1.54, 1.807) is 30.5 Å². The number of nitrogens with two attached hydrogens (primary N) is 1. The third kappa shape index (κ3) is 3.72. The summed E-state index contributed by atoms with van der Waals surface area (Å²) in [4.78, 5) is 27.0. The number of nitrogen functional groups attached to an aromatic ring is 1. The Hall–Kier alpha value is -3.09. The highest BCUT2D eigenvalue weighted by Crippen LogP contribution is 2.25. The molecule has 0 spiro atoms. The number of amides is 1. The summed E-state index contributed by atoms with van der Waals surface area (Å²) in [6.07, 6.45) is 1.59. The number of methoxy groups -OCH3 is 1. The number of rotatable bonds is 4. The highest BCUT2D eigenvalue weighted by Gasteiger charge is 2.11. The van der Waals surface area contributed by atoms with Gasteiger partial charge in [-0.2, -0.15) is 0 Å². The lowest BCUT2D eigenvalue weighted by atomic mass is 10.1.